The molecular weight excluding hydrogens is 725 g/mol. The van der Waals surface area contributed by atoms with Crippen molar-refractivity contribution in [3.05, 3.63) is 221 Å². The van der Waals surface area contributed by atoms with Crippen LogP contribution in [0.3, 0.4) is 0 Å². The molecule has 8 aromatic carbocycles. The van der Waals surface area contributed by atoms with Crippen molar-refractivity contribution in [2.24, 2.45) is 9.98 Å². The van der Waals surface area contributed by atoms with Crippen molar-refractivity contribution in [2.75, 3.05) is 0 Å². The van der Waals surface area contributed by atoms with Crippen molar-refractivity contribution in [1.82, 2.24) is 0 Å². The molecule has 0 unspecified atom stereocenters. The van der Waals surface area contributed by atoms with E-state index in [9.17, 15) is 0 Å². The molecule has 60 heavy (non-hydrogen) atoms. The second-order valence-electron chi connectivity index (χ2n) is 15.9. The van der Waals surface area contributed by atoms with Crippen LogP contribution in [0.4, 0.5) is 0 Å². The molecule has 8 aromatic rings. The highest BCUT2D eigenvalue weighted by atomic mass is 14.9. The van der Waals surface area contributed by atoms with E-state index >= 15 is 0 Å². The van der Waals surface area contributed by atoms with E-state index in [0.29, 0.717) is 5.84 Å². The fraction of sp³-hybridized carbons (Fsp3) is 0.103. The Kier molecular flexibility index (Phi) is 9.83. The molecule has 0 radical (unpaired) electrons. The van der Waals surface area contributed by atoms with E-state index in [1.165, 1.54) is 82.8 Å². The standard InChI is InChI=1S/C58H46N2/c1-4-38(2)57(60-58(46-18-9-6-10-19-46)59-39(3)40-16-7-5-8-17-40)45-34-32-43(33-35-45)49-25-14-21-44-20-13-24-48(55(44)49)42-30-28-41(29-31-42)47-36-37-54-51-23-12-11-22-50(51)53-27-15-26-52(47)56(53)54/h5-10,12-21,23-37H,4,11,22H2,1-3H3/b57-38-,59-39+,60-58-. The Hall–Kier alpha value is -7.16. The van der Waals surface area contributed by atoms with Crippen molar-refractivity contribution in [3.8, 4) is 33.4 Å². The lowest BCUT2D eigenvalue weighted by Gasteiger charge is -2.15. The van der Waals surface area contributed by atoms with Crippen LogP contribution in [-0.4, -0.2) is 11.5 Å². The molecule has 0 amide bonds. The second kappa shape index (κ2) is 15.9. The maximum absolute atomic E-state index is 5.34. The molecule has 0 saturated heterocycles. The number of nitrogens with zero attached hydrogens (tertiary/aromatic N) is 2. The topological polar surface area (TPSA) is 24.7 Å². The first-order valence-corrected chi connectivity index (χ1v) is 21.2. The quantitative estimate of drug-likeness (QED) is 0.109. The molecule has 2 aliphatic rings. The maximum Gasteiger partial charge on any atom is 0.160 e. The average Bonchev–Trinajstić information content (AvgIpc) is 3.65. The van der Waals surface area contributed by atoms with E-state index in [4.69, 9.17) is 9.98 Å². The van der Waals surface area contributed by atoms with Gasteiger partial charge in [-0.2, -0.15) is 0 Å². The molecule has 0 heterocycles. The van der Waals surface area contributed by atoms with Crippen molar-refractivity contribution >= 4 is 49.9 Å². The zero-order valence-corrected chi connectivity index (χ0v) is 34.4. The summed E-state index contributed by atoms with van der Waals surface area (Å²) in [7, 11) is 0. The van der Waals surface area contributed by atoms with E-state index in [1.807, 2.05) is 36.4 Å². The molecule has 0 aliphatic heterocycles. The van der Waals surface area contributed by atoms with Gasteiger partial charge in [0.15, 0.2) is 5.84 Å². The van der Waals surface area contributed by atoms with Crippen LogP contribution in [0.25, 0.3) is 71.8 Å². The third kappa shape index (κ3) is 6.74. The summed E-state index contributed by atoms with van der Waals surface area (Å²) in [6, 6.07) is 63.6. The van der Waals surface area contributed by atoms with E-state index < -0.39 is 0 Å². The summed E-state index contributed by atoms with van der Waals surface area (Å²) in [5.74, 6) is 0.704. The minimum Gasteiger partial charge on any atom is -0.233 e. The van der Waals surface area contributed by atoms with Gasteiger partial charge in [0.05, 0.1) is 5.70 Å². The molecular formula is C58H46N2. The maximum atomic E-state index is 5.34. The summed E-state index contributed by atoms with van der Waals surface area (Å²) in [5, 5.41) is 5.22. The largest absolute Gasteiger partial charge is 0.233 e. The Labute approximate surface area is 353 Å². The molecule has 2 aliphatic carbocycles. The Morgan fingerprint density at radius 3 is 1.73 bits per heavy atom. The Bertz CT molecular complexity index is 3080. The van der Waals surface area contributed by atoms with Gasteiger partial charge >= 0.3 is 0 Å². The van der Waals surface area contributed by atoms with Crippen molar-refractivity contribution in [2.45, 2.75) is 40.0 Å². The molecule has 0 fully saturated rings. The van der Waals surface area contributed by atoms with Crippen molar-refractivity contribution < 1.29 is 0 Å². The third-order valence-electron chi connectivity index (χ3n) is 12.4. The molecule has 0 N–H and O–H groups in total. The number of hydrogen-bond donors (Lipinski definition) is 0. The van der Waals surface area contributed by atoms with Gasteiger partial charge in [0, 0.05) is 16.8 Å². The van der Waals surface area contributed by atoms with E-state index in [2.05, 4.69) is 172 Å². The number of aliphatic imine (C=N–C) groups is 2. The lowest BCUT2D eigenvalue weighted by Crippen LogP contribution is -2.04. The first-order chi connectivity index (χ1) is 29.6. The zero-order valence-electron chi connectivity index (χ0n) is 34.4. The Morgan fingerprint density at radius 1 is 0.483 bits per heavy atom. The SMILES string of the molecule is CC\C(C)=C(/N=C(\N=C(/C)c1ccccc1)c1ccccc1)c1ccc(-c2cccc3cccc(-c4ccc(-c5ccc6c7c(cccc57)C5=C6C=CCC5)cc4)c23)cc1. The number of allylic oxidation sites excluding steroid dienone is 5. The van der Waals surface area contributed by atoms with Crippen LogP contribution in [0.15, 0.2) is 204 Å². The summed E-state index contributed by atoms with van der Waals surface area (Å²) in [4.78, 5) is 10.5. The van der Waals surface area contributed by atoms with E-state index in [0.717, 1.165) is 47.4 Å². The zero-order chi connectivity index (χ0) is 40.6. The predicted octanol–water partition coefficient (Wildman–Crippen LogP) is 15.7. The van der Waals surface area contributed by atoms with Crippen LogP contribution in [0, 0.1) is 0 Å². The van der Waals surface area contributed by atoms with Gasteiger partial charge in [0.1, 0.15) is 0 Å². The summed E-state index contributed by atoms with van der Waals surface area (Å²) in [6.07, 6.45) is 7.77. The fourth-order valence-electron chi connectivity index (χ4n) is 9.11. The minimum absolute atomic E-state index is 0.704. The molecule has 2 nitrogen and oxygen atoms in total. The number of amidine groups is 1. The number of hydrogen-bond acceptors (Lipinski definition) is 1. The van der Waals surface area contributed by atoms with Gasteiger partial charge in [-0.3, -0.25) is 0 Å². The van der Waals surface area contributed by atoms with Crippen LogP contribution in [0.2, 0.25) is 0 Å². The van der Waals surface area contributed by atoms with Gasteiger partial charge in [-0.15, -0.1) is 0 Å². The smallest absolute Gasteiger partial charge is 0.160 e. The van der Waals surface area contributed by atoms with E-state index in [1.54, 1.807) is 0 Å². The molecule has 0 bridgehead atoms. The van der Waals surface area contributed by atoms with Crippen molar-refractivity contribution in [1.29, 1.82) is 0 Å². The van der Waals surface area contributed by atoms with Gasteiger partial charge < -0.3 is 0 Å². The molecule has 288 valence electrons. The van der Waals surface area contributed by atoms with Crippen LogP contribution in [0.5, 0.6) is 0 Å². The molecule has 0 saturated carbocycles. The minimum atomic E-state index is 0.704. The second-order valence-corrected chi connectivity index (χ2v) is 15.9. The summed E-state index contributed by atoms with van der Waals surface area (Å²) < 4.78 is 0. The Balaban J connectivity index is 1.01. The molecule has 0 atom stereocenters. The summed E-state index contributed by atoms with van der Waals surface area (Å²) in [6.45, 7) is 6.43. The highest BCUT2D eigenvalue weighted by Crippen LogP contribution is 2.48. The van der Waals surface area contributed by atoms with Crippen LogP contribution < -0.4 is 0 Å². The summed E-state index contributed by atoms with van der Waals surface area (Å²) >= 11 is 0. The van der Waals surface area contributed by atoms with Gasteiger partial charge in [-0.05, 0) is 121 Å². The van der Waals surface area contributed by atoms with Crippen LogP contribution in [-0.2, 0) is 0 Å². The van der Waals surface area contributed by atoms with Crippen molar-refractivity contribution in [3.63, 3.8) is 0 Å². The average molecular weight is 771 g/mol. The highest BCUT2D eigenvalue weighted by molar-refractivity contribution is 6.19. The first kappa shape index (κ1) is 37.1. The van der Waals surface area contributed by atoms with E-state index in [-0.39, 0.29) is 0 Å². The number of benzene rings is 8. The van der Waals surface area contributed by atoms with Gasteiger partial charge in [-0.25, -0.2) is 9.98 Å². The number of rotatable bonds is 8. The van der Waals surface area contributed by atoms with Gasteiger partial charge in [-0.1, -0.05) is 195 Å². The Morgan fingerprint density at radius 2 is 1.07 bits per heavy atom. The van der Waals surface area contributed by atoms with Gasteiger partial charge in [0.2, 0.25) is 0 Å². The molecule has 10 rings (SSSR count). The van der Waals surface area contributed by atoms with Gasteiger partial charge in [0.25, 0.3) is 0 Å². The third-order valence-corrected chi connectivity index (χ3v) is 12.4. The molecule has 0 spiro atoms. The predicted molar refractivity (Wildman–Crippen MR) is 257 cm³/mol. The van der Waals surface area contributed by atoms with Crippen LogP contribution >= 0.6 is 0 Å². The lowest BCUT2D eigenvalue weighted by molar-refractivity contribution is 1.06. The summed E-state index contributed by atoms with van der Waals surface area (Å²) in [5.41, 5.74) is 19.3. The van der Waals surface area contributed by atoms with Crippen LogP contribution in [0.1, 0.15) is 67.9 Å². The molecule has 2 heteroatoms. The first-order valence-electron chi connectivity index (χ1n) is 21.2. The lowest BCUT2D eigenvalue weighted by atomic mass is 9.89. The monoisotopic (exact) mass is 770 g/mol. The normalized spacial score (nSPS) is 14.2. The fourth-order valence-corrected chi connectivity index (χ4v) is 9.11. The molecule has 0 aromatic heterocycles. The number of fused-ring (bicyclic) bond motifs is 3. The highest BCUT2D eigenvalue weighted by Gasteiger charge is 2.25.